The van der Waals surface area contributed by atoms with Gasteiger partial charge in [-0.2, -0.15) is 4.31 Å². The molecule has 3 heterocycles. The summed E-state index contributed by atoms with van der Waals surface area (Å²) in [5.74, 6) is -1.19. The highest BCUT2D eigenvalue weighted by Crippen LogP contribution is 2.47. The van der Waals surface area contributed by atoms with Gasteiger partial charge in [0.15, 0.2) is 0 Å². The Kier molecular flexibility index (Phi) is 7.39. The van der Waals surface area contributed by atoms with E-state index >= 15 is 0 Å². The van der Waals surface area contributed by atoms with E-state index in [2.05, 4.69) is 17.2 Å². The Morgan fingerprint density at radius 3 is 2.62 bits per heavy atom. The Balaban J connectivity index is 1.59. The third-order valence-corrected chi connectivity index (χ3v) is 11.3. The third-order valence-electron chi connectivity index (χ3n) is 8.21. The number of rotatable bonds is 7. The predicted molar refractivity (Wildman–Crippen MR) is 157 cm³/mol. The third kappa shape index (κ3) is 4.76. The minimum absolute atomic E-state index is 0.168. The molecule has 212 valence electrons. The first kappa shape index (κ1) is 28.4. The minimum atomic E-state index is -3.68. The zero-order valence-electron chi connectivity index (χ0n) is 23.8. The standard InChI is InChI=1S/C30H36N4O4S2/c1-7-34-24-13-12-23(19(3)28(24)31-32-34)27(30(5,6)29(35)36)25-15-22(20(4)39-25)17-33-16-18(2)14-21-10-8-9-11-26(21)40(33,37)38/h8-13,15,18,27H,7,14,16-17H2,1-6H3,(H,35,36)/t18-,27?/m0/s1. The molecular formula is C30H36N4O4S2. The molecule has 1 aliphatic rings. The van der Waals surface area contributed by atoms with Gasteiger partial charge in [0.2, 0.25) is 10.0 Å². The van der Waals surface area contributed by atoms with Gasteiger partial charge in [0.05, 0.1) is 15.8 Å². The monoisotopic (exact) mass is 580 g/mol. The van der Waals surface area contributed by atoms with E-state index in [9.17, 15) is 18.3 Å². The maximum atomic E-state index is 13.7. The number of carbonyl (C=O) groups is 1. The summed E-state index contributed by atoms with van der Waals surface area (Å²) in [6.07, 6.45) is 0.707. The SMILES string of the molecule is CCn1nnc2c(C)c(C(c3cc(CN4C[C@@H](C)Cc5ccccc5S4(=O)=O)c(C)s3)C(C)(C)C(=O)O)ccc21. The van der Waals surface area contributed by atoms with Crippen molar-refractivity contribution < 1.29 is 18.3 Å². The summed E-state index contributed by atoms with van der Waals surface area (Å²) in [5, 5.41) is 19.0. The van der Waals surface area contributed by atoms with Crippen molar-refractivity contribution in [1.82, 2.24) is 19.3 Å². The summed E-state index contributed by atoms with van der Waals surface area (Å²) >= 11 is 1.54. The number of carboxylic acid groups (broad SMARTS) is 1. The van der Waals surface area contributed by atoms with Crippen molar-refractivity contribution in [3.8, 4) is 0 Å². The van der Waals surface area contributed by atoms with Crippen LogP contribution in [-0.4, -0.2) is 45.3 Å². The average Bonchev–Trinajstić information content (AvgIpc) is 3.46. The lowest BCUT2D eigenvalue weighted by Crippen LogP contribution is -2.33. The van der Waals surface area contributed by atoms with Gasteiger partial charge in [0, 0.05) is 35.3 Å². The fraction of sp³-hybridized carbons (Fsp3) is 0.433. The molecule has 5 rings (SSSR count). The first-order valence-electron chi connectivity index (χ1n) is 13.6. The van der Waals surface area contributed by atoms with E-state index in [4.69, 9.17) is 0 Å². The van der Waals surface area contributed by atoms with Gasteiger partial charge in [-0.05, 0) is 87.4 Å². The Labute approximate surface area is 239 Å². The Bertz CT molecular complexity index is 1700. The van der Waals surface area contributed by atoms with Crippen LogP contribution in [0, 0.1) is 25.2 Å². The van der Waals surface area contributed by atoms with Crippen LogP contribution >= 0.6 is 11.3 Å². The second-order valence-corrected chi connectivity index (χ2v) is 14.7. The van der Waals surface area contributed by atoms with Crippen LogP contribution in [0.3, 0.4) is 0 Å². The van der Waals surface area contributed by atoms with Gasteiger partial charge in [0.25, 0.3) is 0 Å². The number of thiophene rings is 1. The maximum Gasteiger partial charge on any atom is 0.310 e. The van der Waals surface area contributed by atoms with Crippen LogP contribution in [0.15, 0.2) is 47.4 Å². The van der Waals surface area contributed by atoms with Crippen molar-refractivity contribution in [3.05, 3.63) is 74.5 Å². The largest absolute Gasteiger partial charge is 0.481 e. The van der Waals surface area contributed by atoms with Gasteiger partial charge in [-0.3, -0.25) is 4.79 Å². The van der Waals surface area contributed by atoms with E-state index in [0.717, 1.165) is 43.0 Å². The fourth-order valence-corrected chi connectivity index (χ4v) is 9.00. The van der Waals surface area contributed by atoms with E-state index < -0.39 is 27.3 Å². The van der Waals surface area contributed by atoms with Crippen molar-refractivity contribution in [2.45, 2.75) is 71.9 Å². The lowest BCUT2D eigenvalue weighted by atomic mass is 9.72. The number of hydrogen-bond acceptors (Lipinski definition) is 6. The zero-order valence-corrected chi connectivity index (χ0v) is 25.4. The van der Waals surface area contributed by atoms with Crippen molar-refractivity contribution in [3.63, 3.8) is 0 Å². The average molecular weight is 581 g/mol. The van der Waals surface area contributed by atoms with Crippen molar-refractivity contribution in [2.24, 2.45) is 11.3 Å². The van der Waals surface area contributed by atoms with E-state index in [0.29, 0.717) is 24.4 Å². The Morgan fingerprint density at radius 1 is 1.20 bits per heavy atom. The van der Waals surface area contributed by atoms with E-state index in [-0.39, 0.29) is 12.5 Å². The van der Waals surface area contributed by atoms with Crippen LogP contribution in [0.1, 0.15) is 65.6 Å². The molecule has 0 radical (unpaired) electrons. The fourth-order valence-electron chi connectivity index (χ4n) is 5.88. The molecule has 0 saturated heterocycles. The van der Waals surface area contributed by atoms with Crippen molar-refractivity contribution >= 4 is 38.4 Å². The number of aliphatic carboxylic acids is 1. The highest BCUT2D eigenvalue weighted by Gasteiger charge is 2.41. The molecule has 8 nitrogen and oxygen atoms in total. The topological polar surface area (TPSA) is 105 Å². The van der Waals surface area contributed by atoms with Crippen molar-refractivity contribution in [1.29, 1.82) is 0 Å². The van der Waals surface area contributed by atoms with Crippen LogP contribution in [0.5, 0.6) is 0 Å². The number of hydrogen-bond donors (Lipinski definition) is 1. The Morgan fingerprint density at radius 2 is 1.93 bits per heavy atom. The zero-order chi connectivity index (χ0) is 29.0. The molecule has 0 spiro atoms. The number of carboxylic acids is 1. The van der Waals surface area contributed by atoms with Crippen molar-refractivity contribution in [2.75, 3.05) is 6.54 Å². The quantitative estimate of drug-likeness (QED) is 0.298. The van der Waals surface area contributed by atoms with E-state index in [1.165, 1.54) is 11.3 Å². The van der Waals surface area contributed by atoms with Gasteiger partial charge >= 0.3 is 5.97 Å². The molecule has 1 N–H and O–H groups in total. The van der Waals surface area contributed by atoms with Crippen LogP contribution in [-0.2, 0) is 34.3 Å². The van der Waals surface area contributed by atoms with Gasteiger partial charge in [-0.25, -0.2) is 13.1 Å². The number of fused-ring (bicyclic) bond motifs is 2. The molecule has 1 unspecified atom stereocenters. The molecule has 0 saturated carbocycles. The van der Waals surface area contributed by atoms with Crippen LogP contribution in [0.2, 0.25) is 0 Å². The molecular weight excluding hydrogens is 544 g/mol. The maximum absolute atomic E-state index is 13.7. The first-order valence-corrected chi connectivity index (χ1v) is 15.8. The molecule has 4 aromatic rings. The van der Waals surface area contributed by atoms with Crippen LogP contribution in [0.4, 0.5) is 0 Å². The van der Waals surface area contributed by atoms with Crippen LogP contribution < -0.4 is 0 Å². The first-order chi connectivity index (χ1) is 18.9. The summed E-state index contributed by atoms with van der Waals surface area (Å²) in [5.41, 5.74) is 4.11. The molecule has 0 bridgehead atoms. The number of aromatic nitrogens is 3. The lowest BCUT2D eigenvalue weighted by Gasteiger charge is -2.31. The van der Waals surface area contributed by atoms with E-state index in [1.54, 1.807) is 30.3 Å². The second kappa shape index (κ2) is 10.4. The normalized spacial score (nSPS) is 18.4. The molecule has 2 aromatic heterocycles. The molecule has 2 atom stereocenters. The highest BCUT2D eigenvalue weighted by molar-refractivity contribution is 7.89. The summed E-state index contributed by atoms with van der Waals surface area (Å²) in [4.78, 5) is 14.9. The van der Waals surface area contributed by atoms with Gasteiger partial charge < -0.3 is 5.11 Å². The number of benzene rings is 2. The summed E-state index contributed by atoms with van der Waals surface area (Å²) in [6, 6.07) is 13.2. The lowest BCUT2D eigenvalue weighted by molar-refractivity contribution is -0.147. The van der Waals surface area contributed by atoms with Crippen LogP contribution in [0.25, 0.3) is 11.0 Å². The van der Waals surface area contributed by atoms with Gasteiger partial charge in [-0.15, -0.1) is 16.4 Å². The number of aryl methyl sites for hydroxylation is 3. The molecule has 0 amide bonds. The molecule has 0 fully saturated rings. The summed E-state index contributed by atoms with van der Waals surface area (Å²) < 4.78 is 30.9. The molecule has 2 aromatic carbocycles. The smallest absolute Gasteiger partial charge is 0.310 e. The summed E-state index contributed by atoms with van der Waals surface area (Å²) in [6.45, 7) is 12.9. The van der Waals surface area contributed by atoms with Gasteiger partial charge in [-0.1, -0.05) is 36.4 Å². The van der Waals surface area contributed by atoms with E-state index in [1.807, 2.05) is 55.8 Å². The molecule has 40 heavy (non-hydrogen) atoms. The summed E-state index contributed by atoms with van der Waals surface area (Å²) in [7, 11) is -3.68. The molecule has 10 heteroatoms. The molecule has 1 aliphatic heterocycles. The number of sulfonamides is 1. The second-order valence-electron chi connectivity index (χ2n) is 11.5. The minimum Gasteiger partial charge on any atom is -0.481 e. The van der Waals surface area contributed by atoms with Gasteiger partial charge in [0.1, 0.15) is 5.52 Å². The highest BCUT2D eigenvalue weighted by atomic mass is 32.2. The number of nitrogens with zero attached hydrogens (tertiary/aromatic N) is 4. The Hall–Kier alpha value is -3.08. The predicted octanol–water partition coefficient (Wildman–Crippen LogP) is 5.76. The molecule has 0 aliphatic carbocycles.